The lowest BCUT2D eigenvalue weighted by Gasteiger charge is -2.23. The summed E-state index contributed by atoms with van der Waals surface area (Å²) in [5.74, 6) is -0.0927. The molecule has 1 aromatic carbocycles. The number of hydrogen-bond acceptors (Lipinski definition) is 5. The van der Waals surface area contributed by atoms with Crippen LogP contribution in [-0.2, 0) is 19.9 Å². The molecule has 0 spiro atoms. The summed E-state index contributed by atoms with van der Waals surface area (Å²) >= 11 is 0. The summed E-state index contributed by atoms with van der Waals surface area (Å²) in [6.07, 6.45) is 1.96. The molecule has 1 aliphatic rings. The molecule has 2 heterocycles. The standard InChI is InChI=1S/C15H18N2O4S2/c1-11-8-12-4-3-5-14(15(12)16-9-11)23(20,21)17(2)13-6-7-22(18,19)10-13/h3-5,8-9,13H,6-7,10H2,1-2H3/t13-/m0/s1. The summed E-state index contributed by atoms with van der Waals surface area (Å²) in [4.78, 5) is 4.37. The maximum absolute atomic E-state index is 12.9. The fraction of sp³-hybridized carbons (Fsp3) is 0.400. The van der Waals surface area contributed by atoms with Gasteiger partial charge in [0.05, 0.1) is 17.0 Å². The lowest BCUT2D eigenvalue weighted by atomic mass is 10.2. The van der Waals surface area contributed by atoms with Crippen LogP contribution in [-0.4, -0.2) is 50.7 Å². The molecule has 1 aliphatic heterocycles. The first-order chi connectivity index (χ1) is 10.7. The Morgan fingerprint density at radius 3 is 2.70 bits per heavy atom. The van der Waals surface area contributed by atoms with Gasteiger partial charge in [0.25, 0.3) is 0 Å². The monoisotopic (exact) mass is 354 g/mol. The van der Waals surface area contributed by atoms with E-state index in [1.165, 1.54) is 17.4 Å². The SMILES string of the molecule is Cc1cnc2c(S(=O)(=O)N(C)[C@H]3CCS(=O)(=O)C3)cccc2c1. The molecule has 0 amide bonds. The van der Waals surface area contributed by atoms with Crippen molar-refractivity contribution in [1.82, 2.24) is 9.29 Å². The second-order valence-electron chi connectivity index (χ2n) is 5.92. The van der Waals surface area contributed by atoms with Gasteiger partial charge in [0.15, 0.2) is 9.84 Å². The van der Waals surface area contributed by atoms with E-state index in [-0.39, 0.29) is 16.4 Å². The van der Waals surface area contributed by atoms with Crippen LogP contribution in [0.4, 0.5) is 0 Å². The molecule has 1 fully saturated rings. The van der Waals surface area contributed by atoms with Crippen LogP contribution in [0.1, 0.15) is 12.0 Å². The maximum Gasteiger partial charge on any atom is 0.245 e. The van der Waals surface area contributed by atoms with Gasteiger partial charge in [-0.1, -0.05) is 12.1 Å². The number of hydrogen-bond donors (Lipinski definition) is 0. The predicted octanol–water partition coefficient (Wildman–Crippen LogP) is 1.35. The van der Waals surface area contributed by atoms with E-state index in [1.54, 1.807) is 12.3 Å². The van der Waals surface area contributed by atoms with Crippen LogP contribution in [0, 0.1) is 6.92 Å². The van der Waals surface area contributed by atoms with E-state index in [0.717, 1.165) is 10.9 Å². The quantitative estimate of drug-likeness (QED) is 0.831. The number of fused-ring (bicyclic) bond motifs is 1. The van der Waals surface area contributed by atoms with E-state index in [9.17, 15) is 16.8 Å². The number of aromatic nitrogens is 1. The van der Waals surface area contributed by atoms with E-state index in [0.29, 0.717) is 11.9 Å². The highest BCUT2D eigenvalue weighted by Crippen LogP contribution is 2.27. The minimum absolute atomic E-state index is 0.0323. The third-order valence-electron chi connectivity index (χ3n) is 4.19. The number of sulfone groups is 1. The van der Waals surface area contributed by atoms with Crippen molar-refractivity contribution in [3.05, 3.63) is 36.0 Å². The van der Waals surface area contributed by atoms with Gasteiger partial charge in [-0.3, -0.25) is 4.98 Å². The van der Waals surface area contributed by atoms with Crippen LogP contribution in [0.15, 0.2) is 35.4 Å². The smallest absolute Gasteiger partial charge is 0.245 e. The Morgan fingerprint density at radius 2 is 2.04 bits per heavy atom. The highest BCUT2D eigenvalue weighted by molar-refractivity contribution is 7.92. The van der Waals surface area contributed by atoms with Crippen molar-refractivity contribution in [2.24, 2.45) is 0 Å². The number of nitrogens with zero attached hydrogens (tertiary/aromatic N) is 2. The second-order valence-corrected chi connectivity index (χ2v) is 10.1. The highest BCUT2D eigenvalue weighted by atomic mass is 32.2. The Morgan fingerprint density at radius 1 is 1.30 bits per heavy atom. The van der Waals surface area contributed by atoms with Gasteiger partial charge in [0.1, 0.15) is 4.90 Å². The highest BCUT2D eigenvalue weighted by Gasteiger charge is 2.37. The molecule has 3 rings (SSSR count). The van der Waals surface area contributed by atoms with E-state index in [2.05, 4.69) is 4.98 Å². The number of pyridine rings is 1. The Balaban J connectivity index is 2.06. The molecule has 0 unspecified atom stereocenters. The summed E-state index contributed by atoms with van der Waals surface area (Å²) in [5, 5.41) is 0.749. The lowest BCUT2D eigenvalue weighted by molar-refractivity contribution is 0.394. The fourth-order valence-electron chi connectivity index (χ4n) is 2.86. The summed E-state index contributed by atoms with van der Waals surface area (Å²) in [6.45, 7) is 1.89. The molecule has 6 nitrogen and oxygen atoms in total. The molecule has 0 N–H and O–H groups in total. The zero-order valence-electron chi connectivity index (χ0n) is 12.9. The first kappa shape index (κ1) is 16.4. The largest absolute Gasteiger partial charge is 0.255 e. The molecule has 8 heteroatoms. The third kappa shape index (κ3) is 2.98. The molecule has 23 heavy (non-hydrogen) atoms. The van der Waals surface area contributed by atoms with Gasteiger partial charge >= 0.3 is 0 Å². The van der Waals surface area contributed by atoms with Crippen molar-refractivity contribution in [3.8, 4) is 0 Å². The summed E-state index contributed by atoms with van der Waals surface area (Å²) in [7, 11) is -5.52. The lowest BCUT2D eigenvalue weighted by Crippen LogP contribution is -2.37. The van der Waals surface area contributed by atoms with Crippen molar-refractivity contribution < 1.29 is 16.8 Å². The molecule has 0 aliphatic carbocycles. The molecule has 1 aromatic heterocycles. The summed E-state index contributed by atoms with van der Waals surface area (Å²) in [5.41, 5.74) is 1.35. The van der Waals surface area contributed by atoms with Crippen molar-refractivity contribution in [3.63, 3.8) is 0 Å². The van der Waals surface area contributed by atoms with Gasteiger partial charge in [-0.05, 0) is 31.0 Å². The van der Waals surface area contributed by atoms with Gasteiger partial charge in [0, 0.05) is 24.7 Å². The molecular weight excluding hydrogens is 336 g/mol. The number of rotatable bonds is 3. The second kappa shape index (κ2) is 5.54. The molecule has 2 aromatic rings. The van der Waals surface area contributed by atoms with Crippen molar-refractivity contribution in [2.75, 3.05) is 18.6 Å². The number of aryl methyl sites for hydroxylation is 1. The first-order valence-electron chi connectivity index (χ1n) is 7.24. The Labute approximate surface area is 136 Å². The molecule has 0 saturated carbocycles. The maximum atomic E-state index is 12.9. The van der Waals surface area contributed by atoms with Gasteiger partial charge in [0.2, 0.25) is 10.0 Å². The van der Waals surface area contributed by atoms with Crippen LogP contribution in [0.25, 0.3) is 10.9 Å². The molecule has 124 valence electrons. The summed E-state index contributed by atoms with van der Waals surface area (Å²) in [6, 6.07) is 6.36. The van der Waals surface area contributed by atoms with Crippen molar-refractivity contribution >= 4 is 30.8 Å². The number of sulfonamides is 1. The average molecular weight is 354 g/mol. The zero-order chi connectivity index (χ0) is 16.8. The van der Waals surface area contributed by atoms with Gasteiger partial charge in [-0.25, -0.2) is 16.8 Å². The number of para-hydroxylation sites is 1. The minimum Gasteiger partial charge on any atom is -0.255 e. The van der Waals surface area contributed by atoms with E-state index in [1.807, 2.05) is 19.1 Å². The molecule has 0 bridgehead atoms. The average Bonchev–Trinajstić information content (AvgIpc) is 2.85. The Bertz CT molecular complexity index is 968. The van der Waals surface area contributed by atoms with E-state index in [4.69, 9.17) is 0 Å². The topological polar surface area (TPSA) is 84.4 Å². The molecule has 1 saturated heterocycles. The van der Waals surface area contributed by atoms with E-state index >= 15 is 0 Å². The first-order valence-corrected chi connectivity index (χ1v) is 10.5. The van der Waals surface area contributed by atoms with Crippen LogP contribution in [0.5, 0.6) is 0 Å². The van der Waals surface area contributed by atoms with Gasteiger partial charge in [-0.2, -0.15) is 4.31 Å². The van der Waals surface area contributed by atoms with Crippen LogP contribution < -0.4 is 0 Å². The molecule has 0 radical (unpaired) electrons. The van der Waals surface area contributed by atoms with Gasteiger partial charge in [-0.15, -0.1) is 0 Å². The van der Waals surface area contributed by atoms with Gasteiger partial charge < -0.3 is 0 Å². The fourth-order valence-corrected chi connectivity index (χ4v) is 6.28. The van der Waals surface area contributed by atoms with Crippen LogP contribution >= 0.6 is 0 Å². The van der Waals surface area contributed by atoms with Crippen LogP contribution in [0.2, 0.25) is 0 Å². The Hall–Kier alpha value is -1.51. The zero-order valence-corrected chi connectivity index (χ0v) is 14.6. The third-order valence-corrected chi connectivity index (χ3v) is 7.88. The van der Waals surface area contributed by atoms with E-state index < -0.39 is 25.9 Å². The predicted molar refractivity (Wildman–Crippen MR) is 88.5 cm³/mol. The normalized spacial score (nSPS) is 21.1. The number of benzene rings is 1. The summed E-state index contributed by atoms with van der Waals surface area (Å²) < 4.78 is 50.3. The minimum atomic E-state index is -3.81. The molecule has 1 atom stereocenters. The Kier molecular flexibility index (Phi) is 3.94. The molecular formula is C15H18N2O4S2. The van der Waals surface area contributed by atoms with Crippen LogP contribution in [0.3, 0.4) is 0 Å². The van der Waals surface area contributed by atoms with Crippen molar-refractivity contribution in [1.29, 1.82) is 0 Å². The van der Waals surface area contributed by atoms with Crippen molar-refractivity contribution in [2.45, 2.75) is 24.3 Å².